The van der Waals surface area contributed by atoms with E-state index in [1.54, 1.807) is 0 Å². The summed E-state index contributed by atoms with van der Waals surface area (Å²) in [7, 11) is 0. The van der Waals surface area contributed by atoms with Crippen LogP contribution in [0, 0.1) is 13.8 Å². The molecule has 0 radical (unpaired) electrons. The quantitative estimate of drug-likeness (QED) is 0.832. The van der Waals surface area contributed by atoms with Gasteiger partial charge in [0.1, 0.15) is 25.0 Å². The number of quaternary nitrogens is 1. The molecule has 0 heterocycles. The molecule has 0 aliphatic heterocycles. The Balaban J connectivity index is 2.38. The number of rotatable bonds is 5. The number of hydrogen-bond donors (Lipinski definition) is 2. The first kappa shape index (κ1) is 15.0. The van der Waals surface area contributed by atoms with Crippen LogP contribution in [0.15, 0.2) is 18.2 Å². The van der Waals surface area contributed by atoms with E-state index in [1.165, 1.54) is 11.1 Å². The second-order valence-corrected chi connectivity index (χ2v) is 6.02. The molecule has 0 saturated heterocycles. The fourth-order valence-electron chi connectivity index (χ4n) is 1.55. The molecule has 3 nitrogen and oxygen atoms in total. The van der Waals surface area contributed by atoms with Crippen LogP contribution in [-0.2, 0) is 0 Å². The van der Waals surface area contributed by atoms with Gasteiger partial charge in [0.2, 0.25) is 0 Å². The van der Waals surface area contributed by atoms with Crippen molar-refractivity contribution >= 4 is 0 Å². The van der Waals surface area contributed by atoms with E-state index in [4.69, 9.17) is 4.74 Å². The van der Waals surface area contributed by atoms with Gasteiger partial charge in [-0.2, -0.15) is 0 Å². The molecule has 0 unspecified atom stereocenters. The van der Waals surface area contributed by atoms with E-state index in [1.807, 2.05) is 18.2 Å². The van der Waals surface area contributed by atoms with Crippen LogP contribution < -0.4 is 10.1 Å². The minimum absolute atomic E-state index is 0.140. The molecule has 0 bridgehead atoms. The smallest absolute Gasteiger partial charge is 0.137 e. The number of ether oxygens (including phenoxy) is 1. The first-order valence-corrected chi connectivity index (χ1v) is 6.50. The minimum Gasteiger partial charge on any atom is -0.491 e. The van der Waals surface area contributed by atoms with Crippen molar-refractivity contribution in [3.05, 3.63) is 29.3 Å². The van der Waals surface area contributed by atoms with Crippen LogP contribution in [0.4, 0.5) is 0 Å². The van der Waals surface area contributed by atoms with Crippen molar-refractivity contribution in [3.8, 4) is 5.75 Å². The predicted molar refractivity (Wildman–Crippen MR) is 74.0 cm³/mol. The van der Waals surface area contributed by atoms with E-state index in [0.717, 1.165) is 5.75 Å². The summed E-state index contributed by atoms with van der Waals surface area (Å²) in [6.07, 6.45) is -0.439. The van der Waals surface area contributed by atoms with E-state index in [2.05, 4.69) is 39.9 Å². The summed E-state index contributed by atoms with van der Waals surface area (Å²) in [5.74, 6) is 0.827. The molecule has 0 aliphatic rings. The van der Waals surface area contributed by atoms with Gasteiger partial charge < -0.3 is 15.2 Å². The number of nitrogens with two attached hydrogens (primary N) is 1. The summed E-state index contributed by atoms with van der Waals surface area (Å²) >= 11 is 0. The summed E-state index contributed by atoms with van der Waals surface area (Å²) in [5, 5.41) is 12.0. The molecule has 102 valence electrons. The van der Waals surface area contributed by atoms with E-state index in [9.17, 15) is 5.11 Å². The highest BCUT2D eigenvalue weighted by Crippen LogP contribution is 2.16. The Bertz CT molecular complexity index is 383. The molecule has 0 spiro atoms. The first-order valence-electron chi connectivity index (χ1n) is 6.50. The largest absolute Gasteiger partial charge is 0.491 e. The van der Waals surface area contributed by atoms with E-state index >= 15 is 0 Å². The maximum absolute atomic E-state index is 9.84. The summed E-state index contributed by atoms with van der Waals surface area (Å²) < 4.78 is 5.60. The third-order valence-electron chi connectivity index (χ3n) is 2.92. The van der Waals surface area contributed by atoms with Gasteiger partial charge in [-0.1, -0.05) is 6.07 Å². The summed E-state index contributed by atoms with van der Waals surface area (Å²) in [5.41, 5.74) is 2.61. The van der Waals surface area contributed by atoms with Gasteiger partial charge in [-0.05, 0) is 57.9 Å². The molecule has 3 heteroatoms. The number of hydrogen-bond acceptors (Lipinski definition) is 2. The van der Waals surface area contributed by atoms with Crippen LogP contribution >= 0.6 is 0 Å². The lowest BCUT2D eigenvalue weighted by Gasteiger charge is -2.19. The molecule has 3 N–H and O–H groups in total. The summed E-state index contributed by atoms with van der Waals surface area (Å²) in [4.78, 5) is 0. The Labute approximate surface area is 110 Å². The monoisotopic (exact) mass is 252 g/mol. The lowest BCUT2D eigenvalue weighted by molar-refractivity contribution is -0.722. The number of aryl methyl sites for hydroxylation is 2. The minimum atomic E-state index is -0.439. The van der Waals surface area contributed by atoms with Gasteiger partial charge in [-0.25, -0.2) is 0 Å². The SMILES string of the molecule is Cc1ccc(OC[C@@H](O)C[NH2+]C(C)(C)C)cc1C. The predicted octanol–water partition coefficient (Wildman–Crippen LogP) is 1.41. The van der Waals surface area contributed by atoms with Gasteiger partial charge in [0.25, 0.3) is 0 Å². The lowest BCUT2D eigenvalue weighted by Crippen LogP contribution is -2.96. The molecule has 1 rings (SSSR count). The lowest BCUT2D eigenvalue weighted by atomic mass is 10.1. The van der Waals surface area contributed by atoms with Gasteiger partial charge >= 0.3 is 0 Å². The molecular formula is C15H26NO2+. The number of aliphatic hydroxyl groups is 1. The van der Waals surface area contributed by atoms with E-state index in [0.29, 0.717) is 13.2 Å². The molecule has 0 aromatic heterocycles. The molecule has 1 aromatic carbocycles. The van der Waals surface area contributed by atoms with Crippen molar-refractivity contribution in [2.75, 3.05) is 13.2 Å². The molecule has 0 fully saturated rings. The van der Waals surface area contributed by atoms with Crippen LogP contribution in [0.25, 0.3) is 0 Å². The second kappa shape index (κ2) is 6.21. The van der Waals surface area contributed by atoms with Crippen molar-refractivity contribution in [1.82, 2.24) is 0 Å². The third-order valence-corrected chi connectivity index (χ3v) is 2.92. The van der Waals surface area contributed by atoms with Gasteiger partial charge in [0, 0.05) is 0 Å². The number of aliphatic hydroxyl groups excluding tert-OH is 1. The molecule has 0 amide bonds. The van der Waals surface area contributed by atoms with Crippen LogP contribution in [0.5, 0.6) is 5.75 Å². The van der Waals surface area contributed by atoms with Crippen LogP contribution in [0.1, 0.15) is 31.9 Å². The highest BCUT2D eigenvalue weighted by Gasteiger charge is 2.16. The van der Waals surface area contributed by atoms with Crippen molar-refractivity contribution in [1.29, 1.82) is 0 Å². The van der Waals surface area contributed by atoms with Gasteiger partial charge in [-0.15, -0.1) is 0 Å². The zero-order valence-corrected chi connectivity index (χ0v) is 12.2. The first-order chi connectivity index (χ1) is 8.28. The summed E-state index contributed by atoms with van der Waals surface area (Å²) in [6.45, 7) is 11.5. The van der Waals surface area contributed by atoms with Crippen molar-refractivity contribution in [3.63, 3.8) is 0 Å². The van der Waals surface area contributed by atoms with Gasteiger partial charge in [0.05, 0.1) is 5.54 Å². The zero-order chi connectivity index (χ0) is 13.8. The Kier molecular flexibility index (Phi) is 5.17. The highest BCUT2D eigenvalue weighted by molar-refractivity contribution is 5.33. The zero-order valence-electron chi connectivity index (χ0n) is 12.2. The Morgan fingerprint density at radius 2 is 1.89 bits per heavy atom. The molecule has 18 heavy (non-hydrogen) atoms. The van der Waals surface area contributed by atoms with Crippen molar-refractivity contribution in [2.24, 2.45) is 0 Å². The third kappa shape index (κ3) is 5.52. The maximum Gasteiger partial charge on any atom is 0.137 e. The molecule has 0 aliphatic carbocycles. The fraction of sp³-hybridized carbons (Fsp3) is 0.600. The Hall–Kier alpha value is -1.06. The van der Waals surface area contributed by atoms with Gasteiger partial charge in [-0.3, -0.25) is 0 Å². The van der Waals surface area contributed by atoms with E-state index < -0.39 is 6.10 Å². The van der Waals surface area contributed by atoms with Crippen LogP contribution in [0.2, 0.25) is 0 Å². The molecular weight excluding hydrogens is 226 g/mol. The Morgan fingerprint density at radius 3 is 2.44 bits per heavy atom. The normalized spacial score (nSPS) is 13.4. The van der Waals surface area contributed by atoms with E-state index in [-0.39, 0.29) is 5.54 Å². The van der Waals surface area contributed by atoms with Crippen molar-refractivity contribution in [2.45, 2.75) is 46.3 Å². The average molecular weight is 252 g/mol. The van der Waals surface area contributed by atoms with Crippen molar-refractivity contribution < 1.29 is 15.2 Å². The second-order valence-electron chi connectivity index (χ2n) is 6.02. The van der Waals surface area contributed by atoms with Gasteiger partial charge in [0.15, 0.2) is 0 Å². The topological polar surface area (TPSA) is 46.1 Å². The molecule has 0 saturated carbocycles. The Morgan fingerprint density at radius 1 is 1.22 bits per heavy atom. The standard InChI is InChI=1S/C15H25NO2/c1-11-6-7-14(8-12(11)2)18-10-13(17)9-16-15(3,4)5/h6-8,13,16-17H,9-10H2,1-5H3/p+1/t13-/m0/s1. The summed E-state index contributed by atoms with van der Waals surface area (Å²) in [6, 6.07) is 6.00. The van der Waals surface area contributed by atoms with Crippen LogP contribution in [0.3, 0.4) is 0 Å². The highest BCUT2D eigenvalue weighted by atomic mass is 16.5. The van der Waals surface area contributed by atoms with Crippen LogP contribution in [-0.4, -0.2) is 29.9 Å². The molecule has 1 aromatic rings. The average Bonchev–Trinajstić information content (AvgIpc) is 2.27. The fourth-order valence-corrected chi connectivity index (χ4v) is 1.55. The number of benzene rings is 1. The maximum atomic E-state index is 9.84. The molecule has 1 atom stereocenters.